The van der Waals surface area contributed by atoms with Crippen molar-refractivity contribution < 1.29 is 28.6 Å². The van der Waals surface area contributed by atoms with Crippen LogP contribution in [0.1, 0.15) is 226 Å². The van der Waals surface area contributed by atoms with Crippen LogP contribution in [0.5, 0.6) is 0 Å². The maximum atomic E-state index is 12.8. The molecule has 0 rings (SSSR count). The van der Waals surface area contributed by atoms with Gasteiger partial charge < -0.3 is 14.2 Å². The lowest BCUT2D eigenvalue weighted by molar-refractivity contribution is -0.167. The van der Waals surface area contributed by atoms with Gasteiger partial charge in [-0.3, -0.25) is 14.4 Å². The summed E-state index contributed by atoms with van der Waals surface area (Å²) < 4.78 is 16.7. The van der Waals surface area contributed by atoms with Crippen LogP contribution in [0.2, 0.25) is 0 Å². The number of carbonyl (C=O) groups excluding carboxylic acids is 3. The van der Waals surface area contributed by atoms with E-state index in [1.54, 1.807) is 0 Å². The number of esters is 3. The zero-order valence-electron chi connectivity index (χ0n) is 40.8. The number of rotatable bonds is 45. The molecule has 1 atom stereocenters. The summed E-state index contributed by atoms with van der Waals surface area (Å²) in [7, 11) is 0. The third-order valence-electron chi connectivity index (χ3n) is 10.7. The van der Waals surface area contributed by atoms with Crippen molar-refractivity contribution in [3.63, 3.8) is 0 Å². The molecule has 0 aromatic rings. The Morgan fingerprint density at radius 2 is 0.730 bits per heavy atom. The first-order valence-corrected chi connectivity index (χ1v) is 25.8. The molecule has 0 saturated carbocycles. The van der Waals surface area contributed by atoms with Gasteiger partial charge in [0.1, 0.15) is 13.2 Å². The highest BCUT2D eigenvalue weighted by atomic mass is 16.6. The normalized spacial score (nSPS) is 12.9. The van der Waals surface area contributed by atoms with E-state index in [2.05, 4.69) is 93.7 Å². The van der Waals surface area contributed by atoms with Crippen molar-refractivity contribution in [2.24, 2.45) is 0 Å². The molecule has 0 heterocycles. The summed E-state index contributed by atoms with van der Waals surface area (Å²) in [4.78, 5) is 37.9. The van der Waals surface area contributed by atoms with Crippen LogP contribution in [-0.4, -0.2) is 37.2 Å². The van der Waals surface area contributed by atoms with Gasteiger partial charge in [0.05, 0.1) is 0 Å². The second kappa shape index (κ2) is 51.0. The Morgan fingerprint density at radius 3 is 1.22 bits per heavy atom. The number of allylic oxidation sites excluding steroid dienone is 16. The molecular formula is C57H94O6. The summed E-state index contributed by atoms with van der Waals surface area (Å²) in [5.74, 6) is -0.985. The molecule has 0 bridgehead atoms. The lowest BCUT2D eigenvalue weighted by Crippen LogP contribution is -2.30. The van der Waals surface area contributed by atoms with E-state index < -0.39 is 6.10 Å². The fourth-order valence-electron chi connectivity index (χ4n) is 6.85. The molecule has 0 amide bonds. The topological polar surface area (TPSA) is 78.9 Å². The van der Waals surface area contributed by atoms with E-state index in [0.29, 0.717) is 19.3 Å². The monoisotopic (exact) mass is 875 g/mol. The number of ether oxygens (including phenoxy) is 3. The predicted octanol–water partition coefficient (Wildman–Crippen LogP) is 17.0. The van der Waals surface area contributed by atoms with Crippen LogP contribution in [0.4, 0.5) is 0 Å². The molecule has 0 aliphatic carbocycles. The van der Waals surface area contributed by atoms with Crippen molar-refractivity contribution in [2.45, 2.75) is 232 Å². The minimum atomic E-state index is -0.807. The van der Waals surface area contributed by atoms with Crippen molar-refractivity contribution >= 4 is 17.9 Å². The van der Waals surface area contributed by atoms with Crippen molar-refractivity contribution in [3.05, 3.63) is 97.2 Å². The Hall–Kier alpha value is -3.67. The van der Waals surface area contributed by atoms with E-state index in [1.165, 1.54) is 89.9 Å². The van der Waals surface area contributed by atoms with E-state index in [1.807, 2.05) is 24.3 Å². The Morgan fingerprint density at radius 1 is 0.349 bits per heavy atom. The van der Waals surface area contributed by atoms with Gasteiger partial charge >= 0.3 is 17.9 Å². The molecule has 0 fully saturated rings. The number of hydrogen-bond donors (Lipinski definition) is 0. The second-order valence-corrected chi connectivity index (χ2v) is 16.8. The molecule has 0 aromatic carbocycles. The minimum Gasteiger partial charge on any atom is -0.462 e. The van der Waals surface area contributed by atoms with Gasteiger partial charge in [-0.2, -0.15) is 0 Å². The quantitative estimate of drug-likeness (QED) is 0.0199. The summed E-state index contributed by atoms with van der Waals surface area (Å²) in [6, 6.07) is 0. The maximum absolute atomic E-state index is 12.8. The lowest BCUT2D eigenvalue weighted by Gasteiger charge is -2.18. The fraction of sp³-hybridized carbons (Fsp3) is 0.667. The smallest absolute Gasteiger partial charge is 0.306 e. The summed E-state index contributed by atoms with van der Waals surface area (Å²) in [6.45, 7) is 6.36. The van der Waals surface area contributed by atoms with Crippen molar-refractivity contribution in [2.75, 3.05) is 13.2 Å². The molecular weight excluding hydrogens is 781 g/mol. The Kier molecular flexibility index (Phi) is 48.0. The highest BCUT2D eigenvalue weighted by molar-refractivity contribution is 5.71. The molecule has 6 heteroatoms. The minimum absolute atomic E-state index is 0.106. The Labute approximate surface area is 387 Å². The van der Waals surface area contributed by atoms with Crippen molar-refractivity contribution in [1.82, 2.24) is 0 Å². The zero-order chi connectivity index (χ0) is 45.8. The van der Waals surface area contributed by atoms with Crippen LogP contribution in [0.25, 0.3) is 0 Å². The SMILES string of the molecule is CC/C=C\C/C=C\C/C=C\CCCC(=O)OCC(COC(=O)CCCCCCC\C=C/C=C\C=C/C=C\C=C/CCC)OC(=O)CCCCCCCCCCCCCCCCCC. The molecule has 358 valence electrons. The fourth-order valence-corrected chi connectivity index (χ4v) is 6.85. The first-order valence-electron chi connectivity index (χ1n) is 25.8. The van der Waals surface area contributed by atoms with Gasteiger partial charge in [0.25, 0.3) is 0 Å². The van der Waals surface area contributed by atoms with E-state index in [9.17, 15) is 14.4 Å². The summed E-state index contributed by atoms with van der Waals surface area (Å²) in [5.41, 5.74) is 0. The highest BCUT2D eigenvalue weighted by Gasteiger charge is 2.19. The van der Waals surface area contributed by atoms with Crippen LogP contribution in [0.3, 0.4) is 0 Å². The first kappa shape index (κ1) is 59.3. The largest absolute Gasteiger partial charge is 0.462 e. The third-order valence-corrected chi connectivity index (χ3v) is 10.7. The third kappa shape index (κ3) is 49.2. The average molecular weight is 875 g/mol. The molecule has 0 aliphatic heterocycles. The van der Waals surface area contributed by atoms with E-state index in [4.69, 9.17) is 14.2 Å². The van der Waals surface area contributed by atoms with Crippen LogP contribution in [0.15, 0.2) is 97.2 Å². The molecule has 0 aliphatic rings. The summed E-state index contributed by atoms with van der Waals surface area (Å²) >= 11 is 0. The molecule has 63 heavy (non-hydrogen) atoms. The summed E-state index contributed by atoms with van der Waals surface area (Å²) in [6.07, 6.45) is 66.8. The van der Waals surface area contributed by atoms with Gasteiger partial charge in [0.2, 0.25) is 0 Å². The maximum Gasteiger partial charge on any atom is 0.306 e. The lowest BCUT2D eigenvalue weighted by atomic mass is 10.0. The van der Waals surface area contributed by atoms with Gasteiger partial charge in [-0.25, -0.2) is 0 Å². The summed E-state index contributed by atoms with van der Waals surface area (Å²) in [5, 5.41) is 0. The highest BCUT2D eigenvalue weighted by Crippen LogP contribution is 2.15. The molecule has 0 aromatic heterocycles. The number of hydrogen-bond acceptors (Lipinski definition) is 6. The average Bonchev–Trinajstić information content (AvgIpc) is 3.28. The molecule has 6 nitrogen and oxygen atoms in total. The van der Waals surface area contributed by atoms with Gasteiger partial charge in [0.15, 0.2) is 6.10 Å². The number of unbranched alkanes of at least 4 members (excludes halogenated alkanes) is 22. The van der Waals surface area contributed by atoms with Crippen molar-refractivity contribution in [1.29, 1.82) is 0 Å². The molecule has 0 N–H and O–H groups in total. The van der Waals surface area contributed by atoms with E-state index >= 15 is 0 Å². The Bertz CT molecular complexity index is 1280. The second-order valence-electron chi connectivity index (χ2n) is 16.8. The number of carbonyl (C=O) groups is 3. The van der Waals surface area contributed by atoms with E-state index in [0.717, 1.165) is 89.9 Å². The van der Waals surface area contributed by atoms with Crippen molar-refractivity contribution in [3.8, 4) is 0 Å². The molecule has 0 saturated heterocycles. The standard InChI is InChI=1S/C57H94O6/c1-4-7-10-13-16-19-22-24-26-28-29-31-32-35-38-41-44-47-50-56(59)62-53-54(52-61-55(58)49-46-43-40-37-34-21-18-15-12-9-6-3)63-57(60)51-48-45-42-39-36-33-30-27-25-23-20-17-14-11-8-5-2/h9-10,12-13,16,18-19,21-22,24,26,28-29,31,37,40,54H,4-8,11,14-15,17,20,23,25,27,30,32-36,38-39,41-53H2,1-3H3/b12-9-,13-10-,19-16-,21-18-,24-22-,28-26-,31-29-,40-37-. The molecule has 1 unspecified atom stereocenters. The molecule has 0 spiro atoms. The van der Waals surface area contributed by atoms with Gasteiger partial charge in [0, 0.05) is 19.3 Å². The first-order chi connectivity index (χ1) is 31.0. The van der Waals surface area contributed by atoms with Crippen LogP contribution < -0.4 is 0 Å². The van der Waals surface area contributed by atoms with E-state index in [-0.39, 0.29) is 37.5 Å². The zero-order valence-corrected chi connectivity index (χ0v) is 40.8. The van der Waals surface area contributed by atoms with Crippen LogP contribution >= 0.6 is 0 Å². The Balaban J connectivity index is 4.46. The van der Waals surface area contributed by atoms with Gasteiger partial charge in [-0.1, -0.05) is 240 Å². The van der Waals surface area contributed by atoms with Crippen LogP contribution in [0, 0.1) is 0 Å². The van der Waals surface area contributed by atoms with Gasteiger partial charge in [-0.05, 0) is 64.2 Å². The van der Waals surface area contributed by atoms with Crippen LogP contribution in [-0.2, 0) is 28.6 Å². The van der Waals surface area contributed by atoms with Gasteiger partial charge in [-0.15, -0.1) is 0 Å². The molecule has 0 radical (unpaired) electrons. The predicted molar refractivity (Wildman–Crippen MR) is 270 cm³/mol.